The fraction of sp³-hybridized carbons (Fsp3) is 0.444. The Labute approximate surface area is 275 Å². The highest BCUT2D eigenvalue weighted by atomic mass is 16.5. The molecule has 11 heteroatoms. The summed E-state index contributed by atoms with van der Waals surface area (Å²) in [5.74, 6) is 0.401. The lowest BCUT2D eigenvalue weighted by atomic mass is 9.94. The molecule has 47 heavy (non-hydrogen) atoms. The van der Waals surface area contributed by atoms with Crippen LogP contribution in [0.15, 0.2) is 36.4 Å². The molecule has 11 nitrogen and oxygen atoms in total. The molecular weight excluding hydrogens is 592 g/mol. The lowest BCUT2D eigenvalue weighted by molar-refractivity contribution is 0.0283. The molecule has 1 saturated heterocycles. The number of hydrogen-bond donors (Lipinski definition) is 2. The average Bonchev–Trinajstić information content (AvgIpc) is 3.59. The van der Waals surface area contributed by atoms with E-state index in [0.29, 0.717) is 17.7 Å². The van der Waals surface area contributed by atoms with Gasteiger partial charge < -0.3 is 29.4 Å². The van der Waals surface area contributed by atoms with E-state index in [1.807, 2.05) is 73.5 Å². The Hall–Kier alpha value is -4.32. The van der Waals surface area contributed by atoms with Crippen LogP contribution in [-0.4, -0.2) is 80.1 Å². The van der Waals surface area contributed by atoms with Crippen molar-refractivity contribution in [1.29, 1.82) is 0 Å². The molecule has 3 aliphatic rings. The minimum Gasteiger partial charge on any atom is -0.381 e. The van der Waals surface area contributed by atoms with E-state index in [9.17, 15) is 9.59 Å². The molecule has 2 aromatic carbocycles. The largest absolute Gasteiger partial charge is 0.381 e. The van der Waals surface area contributed by atoms with E-state index in [1.54, 1.807) is 0 Å². The van der Waals surface area contributed by atoms with Crippen molar-refractivity contribution in [3.63, 3.8) is 0 Å². The number of rotatable bonds is 6. The number of carbonyl (C=O) groups excluding carboxylic acids is 2. The number of likely N-dealkylation sites (N-methyl/N-ethyl adjacent to an activating group) is 1. The van der Waals surface area contributed by atoms with Crippen molar-refractivity contribution in [3.8, 4) is 11.1 Å². The highest BCUT2D eigenvalue weighted by Crippen LogP contribution is 2.34. The van der Waals surface area contributed by atoms with Crippen LogP contribution in [0.25, 0.3) is 11.1 Å². The topological polar surface area (TPSA) is 110 Å². The summed E-state index contributed by atoms with van der Waals surface area (Å²) in [5.41, 5.74) is 9.53. The lowest BCUT2D eigenvalue weighted by Gasteiger charge is -2.36. The van der Waals surface area contributed by atoms with Crippen molar-refractivity contribution in [3.05, 3.63) is 81.9 Å². The maximum absolute atomic E-state index is 13.6. The first-order chi connectivity index (χ1) is 22.7. The fourth-order valence-corrected chi connectivity index (χ4v) is 7.46. The minimum atomic E-state index is -0.226. The van der Waals surface area contributed by atoms with Crippen LogP contribution in [0.1, 0.15) is 68.0 Å². The Kier molecular flexibility index (Phi) is 8.46. The predicted octanol–water partition coefficient (Wildman–Crippen LogP) is 4.47. The van der Waals surface area contributed by atoms with Crippen LogP contribution in [-0.2, 0) is 44.8 Å². The summed E-state index contributed by atoms with van der Waals surface area (Å²) in [7, 11) is 5.93. The Morgan fingerprint density at radius 1 is 0.745 bits per heavy atom. The van der Waals surface area contributed by atoms with Gasteiger partial charge in [0, 0.05) is 95.1 Å². The van der Waals surface area contributed by atoms with Gasteiger partial charge in [0.15, 0.2) is 11.6 Å². The molecule has 5 heterocycles. The quantitative estimate of drug-likeness (QED) is 0.322. The highest BCUT2D eigenvalue weighted by Gasteiger charge is 2.30. The van der Waals surface area contributed by atoms with Gasteiger partial charge in [0.2, 0.25) is 0 Å². The van der Waals surface area contributed by atoms with E-state index < -0.39 is 0 Å². The van der Waals surface area contributed by atoms with Crippen molar-refractivity contribution in [2.75, 3.05) is 44.0 Å². The minimum absolute atomic E-state index is 0.221. The van der Waals surface area contributed by atoms with Crippen LogP contribution in [0.5, 0.6) is 0 Å². The molecule has 2 aromatic heterocycles. The maximum Gasteiger partial charge on any atom is 0.291 e. The zero-order valence-corrected chi connectivity index (χ0v) is 28.0. The number of imidazole rings is 2. The zero-order chi connectivity index (χ0) is 32.8. The van der Waals surface area contributed by atoms with Crippen molar-refractivity contribution in [1.82, 2.24) is 28.9 Å². The number of amides is 2. The normalized spacial score (nSPS) is 17.3. The van der Waals surface area contributed by atoms with Gasteiger partial charge in [0.25, 0.3) is 11.8 Å². The van der Waals surface area contributed by atoms with E-state index in [1.165, 1.54) is 0 Å². The predicted molar refractivity (Wildman–Crippen MR) is 182 cm³/mol. The molecule has 246 valence electrons. The van der Waals surface area contributed by atoms with Gasteiger partial charge in [-0.25, -0.2) is 9.97 Å². The smallest absolute Gasteiger partial charge is 0.291 e. The summed E-state index contributed by atoms with van der Waals surface area (Å²) < 4.78 is 9.44. The van der Waals surface area contributed by atoms with Crippen LogP contribution in [0.4, 0.5) is 11.4 Å². The van der Waals surface area contributed by atoms with E-state index in [2.05, 4.69) is 27.5 Å². The number of fused-ring (bicyclic) bond motifs is 2. The Morgan fingerprint density at radius 3 is 1.81 bits per heavy atom. The molecule has 0 radical (unpaired) electrons. The molecule has 3 aliphatic heterocycles. The van der Waals surface area contributed by atoms with Crippen molar-refractivity contribution in [2.45, 2.75) is 58.7 Å². The van der Waals surface area contributed by atoms with Gasteiger partial charge in [0.05, 0.1) is 11.4 Å². The summed E-state index contributed by atoms with van der Waals surface area (Å²) in [6.07, 6.45) is 3.85. The van der Waals surface area contributed by atoms with Crippen LogP contribution < -0.4 is 10.6 Å². The second-order valence-electron chi connectivity index (χ2n) is 13.2. The lowest BCUT2D eigenvalue weighted by Crippen LogP contribution is -2.42. The number of nitrogens with zero attached hydrogens (tertiary/aromatic N) is 6. The van der Waals surface area contributed by atoms with Gasteiger partial charge in [-0.05, 0) is 68.1 Å². The molecule has 4 aromatic rings. The molecular formula is C36H44N8O3. The molecule has 0 unspecified atom stereocenters. The SMILES string of the molecule is Cc1c(NC(=O)c2nc3c(n2C)CCN(C)C3)cccc1-c1cccc(NC(=O)c2nc3c(n2C)CCN(C2CCOCC2)C3)c1C. The number of aromatic nitrogens is 4. The fourth-order valence-electron chi connectivity index (χ4n) is 7.46. The van der Waals surface area contributed by atoms with E-state index in [0.717, 1.165) is 121 Å². The number of ether oxygens (including phenoxy) is 1. The summed E-state index contributed by atoms with van der Waals surface area (Å²) in [4.78, 5) is 41.3. The van der Waals surface area contributed by atoms with Crippen LogP contribution in [0.2, 0.25) is 0 Å². The van der Waals surface area contributed by atoms with Gasteiger partial charge in [-0.1, -0.05) is 24.3 Å². The number of hydrogen-bond acceptors (Lipinski definition) is 7. The maximum atomic E-state index is 13.6. The Morgan fingerprint density at radius 2 is 1.26 bits per heavy atom. The van der Waals surface area contributed by atoms with Gasteiger partial charge in [-0.15, -0.1) is 0 Å². The first kappa shape index (κ1) is 31.3. The van der Waals surface area contributed by atoms with Crippen LogP contribution >= 0.6 is 0 Å². The van der Waals surface area contributed by atoms with Crippen molar-refractivity contribution in [2.24, 2.45) is 14.1 Å². The second kappa shape index (κ2) is 12.7. The zero-order valence-electron chi connectivity index (χ0n) is 28.0. The number of benzene rings is 2. The molecule has 0 spiro atoms. The van der Waals surface area contributed by atoms with Gasteiger partial charge in [0.1, 0.15) is 0 Å². The molecule has 2 N–H and O–H groups in total. The van der Waals surface area contributed by atoms with Crippen LogP contribution in [0, 0.1) is 13.8 Å². The van der Waals surface area contributed by atoms with Crippen molar-refractivity contribution >= 4 is 23.2 Å². The second-order valence-corrected chi connectivity index (χ2v) is 13.2. The van der Waals surface area contributed by atoms with E-state index in [-0.39, 0.29) is 11.8 Å². The summed E-state index contributed by atoms with van der Waals surface area (Å²) in [6.45, 7) is 9.08. The first-order valence-corrected chi connectivity index (χ1v) is 16.6. The molecule has 7 rings (SSSR count). The third-order valence-electron chi connectivity index (χ3n) is 10.3. The standard InChI is InChI=1S/C36H44N8O3/c1-22-25(8-6-10-27(22)39-35(45)33-37-29-20-41(3)16-12-31(29)42(33)4)26-9-7-11-28(23(26)2)40-36(46)34-38-30-21-44(17-13-32(30)43(34)5)24-14-18-47-19-15-24/h6-11,24H,12-21H2,1-5H3,(H,39,45)(H,40,46). The van der Waals surface area contributed by atoms with Crippen LogP contribution in [0.3, 0.4) is 0 Å². The summed E-state index contributed by atoms with van der Waals surface area (Å²) in [6, 6.07) is 12.3. The van der Waals surface area contributed by atoms with E-state index in [4.69, 9.17) is 14.7 Å². The third-order valence-corrected chi connectivity index (χ3v) is 10.3. The average molecular weight is 637 g/mol. The Bertz CT molecular complexity index is 1850. The van der Waals surface area contributed by atoms with Crippen molar-refractivity contribution < 1.29 is 14.3 Å². The molecule has 0 atom stereocenters. The molecule has 2 amide bonds. The number of anilines is 2. The molecule has 0 saturated carbocycles. The molecule has 1 fully saturated rings. The van der Waals surface area contributed by atoms with Gasteiger partial charge >= 0.3 is 0 Å². The van der Waals surface area contributed by atoms with Gasteiger partial charge in [-0.2, -0.15) is 0 Å². The molecule has 0 aliphatic carbocycles. The highest BCUT2D eigenvalue weighted by molar-refractivity contribution is 6.04. The Balaban J connectivity index is 1.09. The monoisotopic (exact) mass is 636 g/mol. The number of nitrogens with one attached hydrogen (secondary N) is 2. The van der Waals surface area contributed by atoms with E-state index >= 15 is 0 Å². The third kappa shape index (κ3) is 5.88. The molecule has 0 bridgehead atoms. The van der Waals surface area contributed by atoms with Gasteiger partial charge in [-0.3, -0.25) is 14.5 Å². The number of carbonyl (C=O) groups is 2. The summed E-state index contributed by atoms with van der Waals surface area (Å²) in [5, 5.41) is 6.26. The summed E-state index contributed by atoms with van der Waals surface area (Å²) >= 11 is 0. The first-order valence-electron chi connectivity index (χ1n) is 16.6.